The Morgan fingerprint density at radius 2 is 1.87 bits per heavy atom. The molecule has 1 amide bonds. The fraction of sp³-hybridized carbons (Fsp3) is 0.0667. The number of hydrogen-bond acceptors (Lipinski definition) is 3. The van der Waals surface area contributed by atoms with Crippen molar-refractivity contribution in [1.29, 1.82) is 5.41 Å². The Morgan fingerprint density at radius 1 is 1.22 bits per heavy atom. The molecule has 0 aliphatic rings. The number of phenolic OH excluding ortho intramolecular Hbond substituents is 1. The smallest absolute Gasteiger partial charge is 0.416 e. The van der Waals surface area contributed by atoms with E-state index in [4.69, 9.17) is 16.2 Å². The van der Waals surface area contributed by atoms with Crippen molar-refractivity contribution in [2.75, 3.05) is 0 Å². The highest BCUT2D eigenvalue weighted by molar-refractivity contribution is 9.10. The van der Waals surface area contributed by atoms with Gasteiger partial charge in [-0.3, -0.25) is 4.79 Å². The summed E-state index contributed by atoms with van der Waals surface area (Å²) < 4.78 is 37.1. The van der Waals surface area contributed by atoms with E-state index in [-0.39, 0.29) is 11.3 Å². The molecule has 0 bridgehead atoms. The van der Waals surface area contributed by atoms with Crippen molar-refractivity contribution in [3.05, 3.63) is 63.6 Å². The maximum absolute atomic E-state index is 12.1. The van der Waals surface area contributed by atoms with Gasteiger partial charge in [-0.1, -0.05) is 22.0 Å². The van der Waals surface area contributed by atoms with Crippen LogP contribution in [-0.2, 0) is 6.18 Å². The zero-order chi connectivity index (χ0) is 17.6. The molecule has 0 aliphatic carbocycles. The Bertz CT molecular complexity index is 718. The molecule has 2 aromatic carbocycles. The fourth-order valence-corrected chi connectivity index (χ4v) is 1.89. The molecule has 0 atom stereocenters. The summed E-state index contributed by atoms with van der Waals surface area (Å²) in [6.45, 7) is 0. The van der Waals surface area contributed by atoms with E-state index in [0.29, 0.717) is 11.8 Å². The number of aromatic hydroxyl groups is 1. The summed E-state index contributed by atoms with van der Waals surface area (Å²) in [4.78, 5) is 10.6. The predicted octanol–water partition coefficient (Wildman–Crippen LogP) is 3.96. The van der Waals surface area contributed by atoms with Gasteiger partial charge in [0.25, 0.3) is 0 Å². The summed E-state index contributed by atoms with van der Waals surface area (Å²) >= 11 is 3.22. The number of benzene rings is 2. The van der Waals surface area contributed by atoms with Crippen LogP contribution in [0.1, 0.15) is 21.5 Å². The molecule has 0 aromatic heterocycles. The molecule has 0 spiro atoms. The minimum Gasteiger partial charge on any atom is -0.507 e. The quantitative estimate of drug-likeness (QED) is 0.680. The molecule has 2 aromatic rings. The van der Waals surface area contributed by atoms with Crippen molar-refractivity contribution < 1.29 is 23.1 Å². The molecule has 0 saturated heterocycles. The number of hydrogen-bond donors (Lipinski definition) is 3. The largest absolute Gasteiger partial charge is 0.507 e. The Kier molecular flexibility index (Phi) is 6.32. The SMILES string of the molecule is N=Cc1cc(C(F)(F)F)ccc1O.NC(=O)c1cccc(Br)c1. The topological polar surface area (TPSA) is 87.2 Å². The van der Waals surface area contributed by atoms with Gasteiger partial charge in [-0.05, 0) is 36.4 Å². The van der Waals surface area contributed by atoms with Crippen LogP contribution in [0, 0.1) is 5.41 Å². The minimum absolute atomic E-state index is 0.144. The average molecular weight is 389 g/mol. The van der Waals surface area contributed by atoms with E-state index in [2.05, 4.69) is 15.9 Å². The second-order valence-corrected chi connectivity index (χ2v) is 5.21. The van der Waals surface area contributed by atoms with Gasteiger partial charge in [-0.2, -0.15) is 13.2 Å². The van der Waals surface area contributed by atoms with Crippen LogP contribution in [0.15, 0.2) is 46.9 Å². The van der Waals surface area contributed by atoms with Crippen molar-refractivity contribution in [2.45, 2.75) is 6.18 Å². The molecule has 4 nitrogen and oxygen atoms in total. The number of carbonyl (C=O) groups excluding carboxylic acids is 1. The van der Waals surface area contributed by atoms with Gasteiger partial charge in [0, 0.05) is 21.8 Å². The number of halogens is 4. The van der Waals surface area contributed by atoms with Gasteiger partial charge >= 0.3 is 6.18 Å². The second kappa shape index (κ2) is 7.77. The normalized spacial score (nSPS) is 10.4. The van der Waals surface area contributed by atoms with E-state index in [1.54, 1.807) is 18.2 Å². The maximum atomic E-state index is 12.1. The number of nitrogens with one attached hydrogen (secondary N) is 1. The molecule has 0 radical (unpaired) electrons. The Labute approximate surface area is 138 Å². The van der Waals surface area contributed by atoms with Crippen molar-refractivity contribution in [2.24, 2.45) is 5.73 Å². The van der Waals surface area contributed by atoms with Crippen LogP contribution >= 0.6 is 15.9 Å². The zero-order valence-electron chi connectivity index (χ0n) is 11.6. The van der Waals surface area contributed by atoms with E-state index in [0.717, 1.165) is 22.7 Å². The van der Waals surface area contributed by atoms with Gasteiger partial charge in [-0.15, -0.1) is 0 Å². The van der Waals surface area contributed by atoms with Gasteiger partial charge in [0.1, 0.15) is 5.75 Å². The van der Waals surface area contributed by atoms with Crippen LogP contribution < -0.4 is 5.73 Å². The Balaban J connectivity index is 0.000000238. The van der Waals surface area contributed by atoms with E-state index >= 15 is 0 Å². The molecule has 8 heteroatoms. The molecular formula is C15H12BrF3N2O2. The Morgan fingerprint density at radius 3 is 2.30 bits per heavy atom. The minimum atomic E-state index is -4.44. The number of primary amides is 1. The molecule has 23 heavy (non-hydrogen) atoms. The number of nitrogens with two attached hydrogens (primary N) is 1. The fourth-order valence-electron chi connectivity index (χ4n) is 1.49. The third-order valence-corrected chi connectivity index (χ3v) is 3.11. The Hall–Kier alpha value is -2.35. The zero-order valence-corrected chi connectivity index (χ0v) is 13.1. The maximum Gasteiger partial charge on any atom is 0.416 e. The van der Waals surface area contributed by atoms with Crippen LogP contribution in [0.25, 0.3) is 0 Å². The molecule has 4 N–H and O–H groups in total. The molecule has 0 heterocycles. The van der Waals surface area contributed by atoms with Crippen molar-refractivity contribution >= 4 is 28.1 Å². The molecule has 122 valence electrons. The highest BCUT2D eigenvalue weighted by Gasteiger charge is 2.30. The first-order chi connectivity index (χ1) is 10.6. The van der Waals surface area contributed by atoms with Gasteiger partial charge in [0.05, 0.1) is 5.56 Å². The number of carbonyl (C=O) groups is 1. The van der Waals surface area contributed by atoms with Gasteiger partial charge in [-0.25, -0.2) is 0 Å². The first kappa shape index (κ1) is 18.7. The van der Waals surface area contributed by atoms with Crippen molar-refractivity contribution in [1.82, 2.24) is 0 Å². The van der Waals surface area contributed by atoms with Crippen LogP contribution in [-0.4, -0.2) is 17.2 Å². The summed E-state index contributed by atoms with van der Waals surface area (Å²) in [5, 5.41) is 15.7. The third-order valence-electron chi connectivity index (χ3n) is 2.62. The van der Waals surface area contributed by atoms with Crippen LogP contribution in [0.4, 0.5) is 13.2 Å². The predicted molar refractivity (Wildman–Crippen MR) is 83.7 cm³/mol. The number of phenols is 1. The van der Waals surface area contributed by atoms with E-state index in [9.17, 15) is 18.0 Å². The first-order valence-corrected chi connectivity index (χ1v) is 6.90. The van der Waals surface area contributed by atoms with E-state index in [1.165, 1.54) is 0 Å². The summed E-state index contributed by atoms with van der Waals surface area (Å²) in [6.07, 6.45) is -3.77. The highest BCUT2D eigenvalue weighted by Crippen LogP contribution is 2.31. The van der Waals surface area contributed by atoms with E-state index in [1.807, 2.05) is 6.07 Å². The second-order valence-electron chi connectivity index (χ2n) is 4.29. The molecule has 0 aliphatic heterocycles. The van der Waals surface area contributed by atoms with Gasteiger partial charge in [0.15, 0.2) is 0 Å². The lowest BCUT2D eigenvalue weighted by Gasteiger charge is -2.07. The molecule has 0 fully saturated rings. The lowest BCUT2D eigenvalue weighted by molar-refractivity contribution is -0.137. The lowest BCUT2D eigenvalue weighted by atomic mass is 10.1. The standard InChI is InChI=1S/C8H6F3NO.C7H6BrNO/c9-8(10,11)6-1-2-7(13)5(3-6)4-12;8-6-3-1-2-5(4-6)7(9)10/h1-4,12-13H;1-4H,(H2,9,10). The van der Waals surface area contributed by atoms with Crippen molar-refractivity contribution in [3.8, 4) is 5.75 Å². The number of amides is 1. The van der Waals surface area contributed by atoms with E-state index < -0.39 is 17.6 Å². The molecule has 0 saturated carbocycles. The monoisotopic (exact) mass is 388 g/mol. The van der Waals surface area contributed by atoms with Gasteiger partial charge in [0.2, 0.25) is 5.91 Å². The molecule has 2 rings (SSSR count). The van der Waals surface area contributed by atoms with Crippen LogP contribution in [0.5, 0.6) is 5.75 Å². The first-order valence-electron chi connectivity index (χ1n) is 6.11. The average Bonchev–Trinajstić information content (AvgIpc) is 2.47. The lowest BCUT2D eigenvalue weighted by Crippen LogP contribution is -2.10. The summed E-state index contributed by atoms with van der Waals surface area (Å²) in [6, 6.07) is 9.37. The summed E-state index contributed by atoms with van der Waals surface area (Å²) in [7, 11) is 0. The molecular weight excluding hydrogens is 377 g/mol. The van der Waals surface area contributed by atoms with Crippen LogP contribution in [0.2, 0.25) is 0 Å². The highest BCUT2D eigenvalue weighted by atomic mass is 79.9. The summed E-state index contributed by atoms with van der Waals surface area (Å²) in [5.41, 5.74) is 4.53. The third kappa shape index (κ3) is 5.74. The van der Waals surface area contributed by atoms with Crippen molar-refractivity contribution in [3.63, 3.8) is 0 Å². The van der Waals surface area contributed by atoms with Gasteiger partial charge < -0.3 is 16.2 Å². The summed E-state index contributed by atoms with van der Waals surface area (Å²) in [5.74, 6) is -0.732. The number of rotatable bonds is 2. The van der Waals surface area contributed by atoms with Crippen LogP contribution in [0.3, 0.4) is 0 Å². The number of alkyl halides is 3. The molecule has 0 unspecified atom stereocenters.